The summed E-state index contributed by atoms with van der Waals surface area (Å²) in [5, 5.41) is 2.12. The van der Waals surface area contributed by atoms with Crippen LogP contribution in [0.25, 0.3) is 11.0 Å². The maximum absolute atomic E-state index is 11.8. The van der Waals surface area contributed by atoms with E-state index in [4.69, 9.17) is 32.4 Å². The van der Waals surface area contributed by atoms with Crippen molar-refractivity contribution in [2.24, 2.45) is 0 Å². The van der Waals surface area contributed by atoms with Crippen molar-refractivity contribution >= 4 is 34.2 Å². The van der Waals surface area contributed by atoms with Crippen molar-refractivity contribution in [1.29, 1.82) is 0 Å². The highest BCUT2D eigenvalue weighted by Gasteiger charge is 2.13. The van der Waals surface area contributed by atoms with Gasteiger partial charge in [-0.15, -0.1) is 0 Å². The summed E-state index contributed by atoms with van der Waals surface area (Å²) in [6, 6.07) is 10.3. The van der Waals surface area contributed by atoms with Gasteiger partial charge in [0.2, 0.25) is 0 Å². The lowest BCUT2D eigenvalue weighted by atomic mass is 10.0. The Morgan fingerprint density at radius 3 is 2.48 bits per heavy atom. The molecule has 2 aromatic carbocycles. The molecule has 0 unspecified atom stereocenters. The van der Waals surface area contributed by atoms with E-state index in [1.165, 1.54) is 6.07 Å². The number of fused-ring (bicyclic) bond motifs is 1. The average molecular weight is 349 g/mol. The first-order valence-electron chi connectivity index (χ1n) is 7.06. The van der Waals surface area contributed by atoms with E-state index in [9.17, 15) is 4.79 Å². The van der Waals surface area contributed by atoms with Crippen LogP contribution in [0.15, 0.2) is 45.6 Å². The summed E-state index contributed by atoms with van der Waals surface area (Å²) in [5.41, 5.74) is 2.60. The predicted octanol–water partition coefficient (Wildman–Crippen LogP) is 5.30. The normalized spacial score (nSPS) is 11.0. The number of aryl methyl sites for hydroxylation is 2. The molecule has 0 fully saturated rings. The molecule has 1 aromatic heterocycles. The molecule has 0 saturated heterocycles. The smallest absolute Gasteiger partial charge is 0.336 e. The Bertz CT molecular complexity index is 928. The molecule has 0 saturated carbocycles. The topological polar surface area (TPSA) is 39.4 Å². The third-order valence-corrected chi connectivity index (χ3v) is 4.51. The highest BCUT2D eigenvalue weighted by molar-refractivity contribution is 6.33. The molecule has 23 heavy (non-hydrogen) atoms. The fraction of sp³-hybridized carbons (Fsp3) is 0.167. The second kappa shape index (κ2) is 6.26. The van der Waals surface area contributed by atoms with Crippen molar-refractivity contribution in [2.45, 2.75) is 20.5 Å². The summed E-state index contributed by atoms with van der Waals surface area (Å²) in [7, 11) is 0. The zero-order chi connectivity index (χ0) is 16.6. The average Bonchev–Trinajstić information content (AvgIpc) is 2.51. The van der Waals surface area contributed by atoms with Gasteiger partial charge in [-0.1, -0.05) is 23.2 Å². The van der Waals surface area contributed by atoms with Crippen molar-refractivity contribution in [2.75, 3.05) is 0 Å². The minimum Gasteiger partial charge on any atom is -0.489 e. The van der Waals surface area contributed by atoms with Crippen LogP contribution in [0.3, 0.4) is 0 Å². The summed E-state index contributed by atoms with van der Waals surface area (Å²) < 4.78 is 11.1. The van der Waals surface area contributed by atoms with Gasteiger partial charge >= 0.3 is 5.63 Å². The number of benzene rings is 2. The second-order valence-corrected chi connectivity index (χ2v) is 6.15. The predicted molar refractivity (Wildman–Crippen MR) is 92.8 cm³/mol. The summed E-state index contributed by atoms with van der Waals surface area (Å²) in [4.78, 5) is 11.8. The van der Waals surface area contributed by atoms with E-state index in [1.54, 1.807) is 30.3 Å². The van der Waals surface area contributed by atoms with Crippen LogP contribution in [-0.2, 0) is 6.61 Å². The number of halogens is 2. The van der Waals surface area contributed by atoms with Crippen LogP contribution in [0.5, 0.6) is 5.75 Å². The third kappa shape index (κ3) is 3.21. The summed E-state index contributed by atoms with van der Waals surface area (Å²) in [6.07, 6.45) is 0. The first kappa shape index (κ1) is 15.9. The molecule has 0 radical (unpaired) electrons. The Morgan fingerprint density at radius 2 is 1.78 bits per heavy atom. The van der Waals surface area contributed by atoms with Crippen LogP contribution in [0.2, 0.25) is 10.0 Å². The van der Waals surface area contributed by atoms with Crippen LogP contribution in [0.1, 0.15) is 16.7 Å². The largest absolute Gasteiger partial charge is 0.489 e. The summed E-state index contributed by atoms with van der Waals surface area (Å²) in [5.74, 6) is 0.673. The number of hydrogen-bond donors (Lipinski definition) is 0. The lowest BCUT2D eigenvalue weighted by Gasteiger charge is -2.12. The molecule has 3 nitrogen and oxygen atoms in total. The van der Waals surface area contributed by atoms with Crippen molar-refractivity contribution in [3.05, 3.63) is 73.6 Å². The molecule has 0 amide bonds. The van der Waals surface area contributed by atoms with Crippen molar-refractivity contribution in [3.63, 3.8) is 0 Å². The molecule has 0 N–H and O–H groups in total. The Balaban J connectivity index is 2.04. The molecule has 0 atom stereocenters. The Morgan fingerprint density at radius 1 is 1.09 bits per heavy atom. The van der Waals surface area contributed by atoms with E-state index in [0.29, 0.717) is 21.4 Å². The first-order chi connectivity index (χ1) is 11.0. The minimum atomic E-state index is -0.409. The molecule has 0 aliphatic heterocycles. The van der Waals surface area contributed by atoms with E-state index in [0.717, 1.165) is 22.1 Å². The van der Waals surface area contributed by atoms with Gasteiger partial charge < -0.3 is 9.15 Å². The van der Waals surface area contributed by atoms with Gasteiger partial charge in [0.05, 0.1) is 0 Å². The van der Waals surface area contributed by atoms with Gasteiger partial charge in [0.25, 0.3) is 0 Å². The molecule has 0 aliphatic carbocycles. The Labute approximate surface area is 143 Å². The van der Waals surface area contributed by atoms with Gasteiger partial charge in [0, 0.05) is 27.1 Å². The number of ether oxygens (including phenoxy) is 1. The fourth-order valence-electron chi connectivity index (χ4n) is 2.56. The maximum Gasteiger partial charge on any atom is 0.336 e. The van der Waals surface area contributed by atoms with Gasteiger partial charge in [-0.2, -0.15) is 0 Å². The molecule has 3 rings (SSSR count). The molecule has 0 spiro atoms. The molecule has 118 valence electrons. The van der Waals surface area contributed by atoms with Gasteiger partial charge in [-0.3, -0.25) is 0 Å². The lowest BCUT2D eigenvalue weighted by molar-refractivity contribution is 0.306. The van der Waals surface area contributed by atoms with E-state index in [2.05, 4.69) is 0 Å². The zero-order valence-corrected chi connectivity index (χ0v) is 14.2. The van der Waals surface area contributed by atoms with E-state index in [1.807, 2.05) is 13.8 Å². The number of rotatable bonds is 3. The molecule has 3 aromatic rings. The highest BCUT2D eigenvalue weighted by Crippen LogP contribution is 2.31. The molecular formula is C18H14Cl2O3. The van der Waals surface area contributed by atoms with E-state index in [-0.39, 0.29) is 6.61 Å². The Hall–Kier alpha value is -1.97. The third-order valence-electron chi connectivity index (χ3n) is 3.68. The van der Waals surface area contributed by atoms with Gasteiger partial charge in [0.15, 0.2) is 0 Å². The molecule has 0 aliphatic rings. The van der Waals surface area contributed by atoms with Crippen LogP contribution >= 0.6 is 23.2 Å². The molecule has 0 bridgehead atoms. The van der Waals surface area contributed by atoms with Crippen LogP contribution < -0.4 is 10.4 Å². The van der Waals surface area contributed by atoms with Gasteiger partial charge in [-0.25, -0.2) is 4.79 Å². The van der Waals surface area contributed by atoms with Crippen molar-refractivity contribution in [3.8, 4) is 5.75 Å². The first-order valence-corrected chi connectivity index (χ1v) is 7.82. The maximum atomic E-state index is 11.8. The van der Waals surface area contributed by atoms with Gasteiger partial charge in [-0.05, 0) is 55.3 Å². The van der Waals surface area contributed by atoms with Crippen LogP contribution in [0, 0.1) is 13.8 Å². The second-order valence-electron chi connectivity index (χ2n) is 5.34. The van der Waals surface area contributed by atoms with Gasteiger partial charge in [0.1, 0.15) is 17.9 Å². The van der Waals surface area contributed by atoms with E-state index < -0.39 is 5.63 Å². The quantitative estimate of drug-likeness (QED) is 0.603. The molecule has 1 heterocycles. The zero-order valence-electron chi connectivity index (χ0n) is 12.7. The lowest BCUT2D eigenvalue weighted by Crippen LogP contribution is -2.05. The highest BCUT2D eigenvalue weighted by atomic mass is 35.5. The van der Waals surface area contributed by atoms with Crippen LogP contribution in [0.4, 0.5) is 0 Å². The number of hydrogen-bond acceptors (Lipinski definition) is 3. The monoisotopic (exact) mass is 348 g/mol. The summed E-state index contributed by atoms with van der Waals surface area (Å²) in [6.45, 7) is 4.03. The standard InChI is InChI=1S/C18H14Cl2O3/c1-10-7-15-17(11(2)18(10)20)12(8-16(21)23-15)9-22-14-5-3-13(19)4-6-14/h3-8H,9H2,1-2H3. The van der Waals surface area contributed by atoms with E-state index >= 15 is 0 Å². The fourth-order valence-corrected chi connectivity index (χ4v) is 2.84. The molecular weight excluding hydrogens is 335 g/mol. The minimum absolute atomic E-state index is 0.240. The SMILES string of the molecule is Cc1cc2oc(=O)cc(COc3ccc(Cl)cc3)c2c(C)c1Cl. The van der Waals surface area contributed by atoms with Crippen molar-refractivity contribution < 1.29 is 9.15 Å². The summed E-state index contributed by atoms with van der Waals surface area (Å²) >= 11 is 12.2. The van der Waals surface area contributed by atoms with Crippen LogP contribution in [-0.4, -0.2) is 0 Å². The molecule has 5 heteroatoms. The van der Waals surface area contributed by atoms with Crippen molar-refractivity contribution in [1.82, 2.24) is 0 Å². The Kier molecular flexibility index (Phi) is 4.33.